The molecule has 5 aromatic rings. The van der Waals surface area contributed by atoms with Gasteiger partial charge in [-0.1, -0.05) is 149 Å². The average molecular weight is 593 g/mol. The van der Waals surface area contributed by atoms with E-state index in [0.717, 1.165) is 11.8 Å². The highest BCUT2D eigenvalue weighted by Gasteiger charge is 2.25. The maximum Gasteiger partial charge on any atom is -0.00260 e. The topological polar surface area (TPSA) is 0 Å². The van der Waals surface area contributed by atoms with E-state index in [1.807, 2.05) is 0 Å². The molecular formula is C44H64. The van der Waals surface area contributed by atoms with Crippen LogP contribution in [0.5, 0.6) is 0 Å². The van der Waals surface area contributed by atoms with Crippen molar-refractivity contribution >= 4 is 43.1 Å². The molecule has 0 aliphatic rings. The summed E-state index contributed by atoms with van der Waals surface area (Å²) in [5.41, 5.74) is 5.97. The van der Waals surface area contributed by atoms with E-state index < -0.39 is 0 Å². The van der Waals surface area contributed by atoms with Gasteiger partial charge in [0.25, 0.3) is 0 Å². The molecule has 0 bridgehead atoms. The maximum absolute atomic E-state index is 2.49. The van der Waals surface area contributed by atoms with E-state index >= 15 is 0 Å². The molecule has 0 heterocycles. The van der Waals surface area contributed by atoms with Gasteiger partial charge in [-0.25, -0.2) is 0 Å². The van der Waals surface area contributed by atoms with Gasteiger partial charge in [-0.3, -0.25) is 0 Å². The molecule has 44 heavy (non-hydrogen) atoms. The van der Waals surface area contributed by atoms with Crippen LogP contribution in [0.3, 0.4) is 0 Å². The fraction of sp³-hybridized carbons (Fsp3) is 0.545. The smallest absolute Gasteiger partial charge is 0.00260 e. The molecule has 0 unspecified atom stereocenters. The Kier molecular flexibility index (Phi) is 10.0. The summed E-state index contributed by atoms with van der Waals surface area (Å²) in [6.45, 7) is 41.0. The first kappa shape index (κ1) is 35.9. The van der Waals surface area contributed by atoms with Crippen molar-refractivity contribution in [1.29, 1.82) is 0 Å². The second kappa shape index (κ2) is 12.3. The van der Waals surface area contributed by atoms with Crippen molar-refractivity contribution in [3.8, 4) is 0 Å². The Morgan fingerprint density at radius 1 is 0.318 bits per heavy atom. The number of fused-ring (bicyclic) bond motifs is 2. The Balaban J connectivity index is 0.000000592. The molecule has 0 aliphatic heterocycles. The Morgan fingerprint density at radius 3 is 0.614 bits per heavy atom. The number of hydrogen-bond donors (Lipinski definition) is 0. The van der Waals surface area contributed by atoms with Crippen LogP contribution in [-0.4, -0.2) is 0 Å². The minimum Gasteiger partial charge on any atom is -0.0630 e. The largest absolute Gasteiger partial charge is 0.0630 e. The lowest BCUT2D eigenvalue weighted by Gasteiger charge is -2.28. The molecule has 0 heteroatoms. The predicted octanol–water partition coefficient (Wildman–Crippen LogP) is 14.3. The van der Waals surface area contributed by atoms with Gasteiger partial charge in [0.15, 0.2) is 0 Å². The zero-order valence-electron chi connectivity index (χ0n) is 31.8. The average Bonchev–Trinajstić information content (AvgIpc) is 2.82. The molecule has 0 atom stereocenters. The molecule has 0 amide bonds. The fourth-order valence-electron chi connectivity index (χ4n) is 5.61. The van der Waals surface area contributed by atoms with Crippen LogP contribution in [0.15, 0.2) is 48.5 Å². The minimum atomic E-state index is 0.0830. The molecule has 0 N–H and O–H groups in total. The van der Waals surface area contributed by atoms with Crippen molar-refractivity contribution in [2.45, 2.75) is 146 Å². The summed E-state index contributed by atoms with van der Waals surface area (Å²) in [7, 11) is 0. The predicted molar refractivity (Wildman–Crippen MR) is 203 cm³/mol. The van der Waals surface area contributed by atoms with Crippen molar-refractivity contribution in [2.75, 3.05) is 0 Å². The van der Waals surface area contributed by atoms with E-state index in [2.05, 4.69) is 173 Å². The van der Waals surface area contributed by atoms with Crippen molar-refractivity contribution < 1.29 is 0 Å². The van der Waals surface area contributed by atoms with Crippen LogP contribution in [0, 0.1) is 11.8 Å². The standard InChI is InChI=1S/C36H44.2C4H10/c1-33(2,3)23-13-21-14-24(34(4,5)6)19-29-30-20-26(36(10,11)12)16-22-15-25(35(7,8)9)18-28(32(22)30)27(17-23)31(21)29;2*1-4(2)3/h13-20H,1-12H3;2*4H,1-3H3. The lowest BCUT2D eigenvalue weighted by atomic mass is 9.76. The summed E-state index contributed by atoms with van der Waals surface area (Å²) in [5, 5.41) is 11.2. The van der Waals surface area contributed by atoms with Gasteiger partial charge in [0, 0.05) is 0 Å². The summed E-state index contributed by atoms with van der Waals surface area (Å²) < 4.78 is 0. The maximum atomic E-state index is 2.49. The van der Waals surface area contributed by atoms with Crippen LogP contribution in [0.1, 0.15) is 147 Å². The van der Waals surface area contributed by atoms with Gasteiger partial charge in [0.1, 0.15) is 0 Å². The summed E-state index contributed by atoms with van der Waals surface area (Å²) in [6, 6.07) is 19.8. The van der Waals surface area contributed by atoms with Crippen LogP contribution in [0.4, 0.5) is 0 Å². The van der Waals surface area contributed by atoms with E-state index in [1.54, 1.807) is 0 Å². The van der Waals surface area contributed by atoms with Crippen molar-refractivity contribution in [3.05, 3.63) is 70.8 Å². The van der Waals surface area contributed by atoms with E-state index in [4.69, 9.17) is 0 Å². The molecule has 0 radical (unpaired) electrons. The van der Waals surface area contributed by atoms with Crippen LogP contribution in [0.25, 0.3) is 43.1 Å². The zero-order chi connectivity index (χ0) is 33.7. The molecule has 0 saturated carbocycles. The number of rotatable bonds is 0. The molecule has 0 saturated heterocycles. The van der Waals surface area contributed by atoms with Crippen LogP contribution >= 0.6 is 0 Å². The lowest BCUT2D eigenvalue weighted by Crippen LogP contribution is -2.14. The van der Waals surface area contributed by atoms with Gasteiger partial charge in [0.2, 0.25) is 0 Å². The van der Waals surface area contributed by atoms with E-state index in [-0.39, 0.29) is 21.7 Å². The quantitative estimate of drug-likeness (QED) is 0.124. The molecular weight excluding hydrogens is 528 g/mol. The zero-order valence-corrected chi connectivity index (χ0v) is 31.8. The molecule has 0 fully saturated rings. The van der Waals surface area contributed by atoms with E-state index in [9.17, 15) is 0 Å². The first-order chi connectivity index (χ1) is 19.8. The number of benzene rings is 5. The molecule has 0 aromatic heterocycles. The first-order valence-electron chi connectivity index (χ1n) is 17.1. The van der Waals surface area contributed by atoms with E-state index in [0.29, 0.717) is 0 Å². The third-order valence-electron chi connectivity index (χ3n) is 8.14. The SMILES string of the molecule is CC(C)(C)c1cc2cc(C(C)(C)C)cc3c4cc(C(C)(C)C)cc5cc(C(C)(C)C)cc(c(c1)c23)c54.CC(C)C.CC(C)C. The summed E-state index contributed by atoms with van der Waals surface area (Å²) in [4.78, 5) is 0. The van der Waals surface area contributed by atoms with Crippen LogP contribution in [0.2, 0.25) is 0 Å². The highest BCUT2D eigenvalue weighted by molar-refractivity contribution is 6.33. The first-order valence-corrected chi connectivity index (χ1v) is 17.1. The molecule has 5 aromatic carbocycles. The van der Waals surface area contributed by atoms with Gasteiger partial charge in [-0.2, -0.15) is 0 Å². The summed E-state index contributed by atoms with van der Waals surface area (Å²) in [6.07, 6.45) is 0. The van der Waals surface area contributed by atoms with Gasteiger partial charge >= 0.3 is 0 Å². The Morgan fingerprint density at radius 2 is 0.477 bits per heavy atom. The normalized spacial score (nSPS) is 13.2. The molecule has 240 valence electrons. The van der Waals surface area contributed by atoms with Gasteiger partial charge < -0.3 is 0 Å². The summed E-state index contributed by atoms with van der Waals surface area (Å²) >= 11 is 0. The van der Waals surface area contributed by atoms with Gasteiger partial charge in [-0.15, -0.1) is 0 Å². The second-order valence-corrected chi connectivity index (χ2v) is 18.8. The Labute approximate surface area is 271 Å². The van der Waals surface area contributed by atoms with Gasteiger partial charge in [-0.05, 0) is 123 Å². The van der Waals surface area contributed by atoms with Crippen molar-refractivity contribution in [1.82, 2.24) is 0 Å². The van der Waals surface area contributed by atoms with Crippen LogP contribution < -0.4 is 0 Å². The third kappa shape index (κ3) is 7.97. The highest BCUT2D eigenvalue weighted by Crippen LogP contribution is 2.46. The van der Waals surface area contributed by atoms with Crippen molar-refractivity contribution in [3.63, 3.8) is 0 Å². The third-order valence-corrected chi connectivity index (χ3v) is 8.14. The molecule has 0 nitrogen and oxygen atoms in total. The summed E-state index contributed by atoms with van der Waals surface area (Å²) in [5.74, 6) is 1.67. The number of hydrogen-bond acceptors (Lipinski definition) is 0. The fourth-order valence-corrected chi connectivity index (χ4v) is 5.61. The van der Waals surface area contributed by atoms with Gasteiger partial charge in [0.05, 0.1) is 0 Å². The highest BCUT2D eigenvalue weighted by atomic mass is 14.3. The Hall–Kier alpha value is -2.60. The second-order valence-electron chi connectivity index (χ2n) is 18.8. The molecule has 0 aliphatic carbocycles. The minimum absolute atomic E-state index is 0.0830. The lowest BCUT2D eigenvalue weighted by molar-refractivity contribution is 0.589. The molecule has 0 spiro atoms. The van der Waals surface area contributed by atoms with Crippen LogP contribution in [-0.2, 0) is 21.7 Å². The Bertz CT molecular complexity index is 1480. The monoisotopic (exact) mass is 593 g/mol. The molecule has 5 rings (SSSR count). The van der Waals surface area contributed by atoms with Crippen molar-refractivity contribution in [2.24, 2.45) is 11.8 Å². The van der Waals surface area contributed by atoms with E-state index in [1.165, 1.54) is 65.3 Å².